The average molecular weight is 499 g/mol. The third kappa shape index (κ3) is 4.33. The number of nitrogens with one attached hydrogen (secondary N) is 1. The number of aromatic nitrogens is 2. The first-order chi connectivity index (χ1) is 15.7. The third-order valence-electron chi connectivity index (χ3n) is 5.70. The number of amides is 1. The van der Waals surface area contributed by atoms with E-state index in [-0.39, 0.29) is 22.3 Å². The van der Waals surface area contributed by atoms with Crippen LogP contribution in [0.15, 0.2) is 42.7 Å². The molecule has 3 aromatic rings. The number of nitrogens with zero attached hydrogens (tertiary/aromatic N) is 3. The maximum atomic E-state index is 14.4. The van der Waals surface area contributed by atoms with Gasteiger partial charge in [0.25, 0.3) is 11.8 Å². The Hall–Kier alpha value is -3.15. The summed E-state index contributed by atoms with van der Waals surface area (Å²) in [6.07, 6.45) is 1.85. The maximum Gasteiger partial charge on any atom is 0.268 e. The molecule has 1 saturated heterocycles. The second-order valence-corrected chi connectivity index (χ2v) is 11.6. The average Bonchev–Trinajstić information content (AvgIpc) is 3.28. The van der Waals surface area contributed by atoms with Gasteiger partial charge in [0.1, 0.15) is 11.6 Å². The Bertz CT molecular complexity index is 1380. The molecule has 34 heavy (non-hydrogen) atoms. The van der Waals surface area contributed by atoms with Crippen molar-refractivity contribution in [2.24, 2.45) is 0 Å². The standard InChI is InChI=1S/C22H22F4N4O3S/c1-21(2,3)34(32,33)28-20(31)16-11-27-30-7-6-14(9-18(16)30)29-12-22(25,26)10-19(29)15-8-13(23)4-5-17(15)24/h4-9,11,19H,10,12H2,1-3H3,(H,28,31)/t19-/m0/s1. The quantitative estimate of drug-likeness (QED) is 0.549. The van der Waals surface area contributed by atoms with E-state index in [4.69, 9.17) is 0 Å². The monoisotopic (exact) mass is 498 g/mol. The summed E-state index contributed by atoms with van der Waals surface area (Å²) in [5.74, 6) is -5.66. The zero-order chi connectivity index (χ0) is 25.1. The number of sulfonamides is 1. The second kappa shape index (κ2) is 7.97. The third-order valence-corrected chi connectivity index (χ3v) is 7.77. The smallest absolute Gasteiger partial charge is 0.268 e. The first-order valence-corrected chi connectivity index (χ1v) is 11.8. The van der Waals surface area contributed by atoms with Gasteiger partial charge in [0.15, 0.2) is 0 Å². The molecule has 0 aliphatic carbocycles. The van der Waals surface area contributed by atoms with Gasteiger partial charge in [-0.05, 0) is 51.1 Å². The lowest BCUT2D eigenvalue weighted by molar-refractivity contribution is 0.0222. The largest absolute Gasteiger partial charge is 0.358 e. The first-order valence-electron chi connectivity index (χ1n) is 10.3. The van der Waals surface area contributed by atoms with Gasteiger partial charge in [-0.3, -0.25) is 4.79 Å². The molecule has 182 valence electrons. The lowest BCUT2D eigenvalue weighted by Crippen LogP contribution is -2.42. The van der Waals surface area contributed by atoms with Crippen molar-refractivity contribution in [3.8, 4) is 0 Å². The van der Waals surface area contributed by atoms with Gasteiger partial charge in [0.2, 0.25) is 10.0 Å². The Morgan fingerprint density at radius 1 is 1.18 bits per heavy atom. The summed E-state index contributed by atoms with van der Waals surface area (Å²) >= 11 is 0. The SMILES string of the molecule is CC(C)(C)S(=O)(=O)NC(=O)c1cnn2ccc(N3CC(F)(F)C[C@H]3c3cc(F)ccc3F)cc12. The van der Waals surface area contributed by atoms with Gasteiger partial charge in [-0.15, -0.1) is 0 Å². The van der Waals surface area contributed by atoms with Gasteiger partial charge >= 0.3 is 0 Å². The van der Waals surface area contributed by atoms with Crippen LogP contribution < -0.4 is 9.62 Å². The number of hydrogen-bond donors (Lipinski definition) is 1. The molecular weight excluding hydrogens is 476 g/mol. The Balaban J connectivity index is 1.75. The van der Waals surface area contributed by atoms with E-state index in [2.05, 4.69) is 5.10 Å². The topological polar surface area (TPSA) is 83.8 Å². The van der Waals surface area contributed by atoms with Crippen molar-refractivity contribution < 1.29 is 30.8 Å². The molecule has 1 atom stereocenters. The molecule has 4 rings (SSSR count). The van der Waals surface area contributed by atoms with Crippen molar-refractivity contribution >= 4 is 27.1 Å². The second-order valence-electron chi connectivity index (χ2n) is 9.19. The Labute approximate surface area is 193 Å². The van der Waals surface area contributed by atoms with Crippen LogP contribution in [0.3, 0.4) is 0 Å². The maximum absolute atomic E-state index is 14.4. The van der Waals surface area contributed by atoms with Crippen molar-refractivity contribution in [3.05, 3.63) is 65.5 Å². The van der Waals surface area contributed by atoms with Gasteiger partial charge < -0.3 is 4.90 Å². The van der Waals surface area contributed by atoms with Crippen LogP contribution in [0.5, 0.6) is 0 Å². The summed E-state index contributed by atoms with van der Waals surface area (Å²) in [7, 11) is -4.01. The van der Waals surface area contributed by atoms with E-state index in [9.17, 15) is 30.8 Å². The lowest BCUT2D eigenvalue weighted by Gasteiger charge is -2.27. The first kappa shape index (κ1) is 24.0. The van der Waals surface area contributed by atoms with Crippen LogP contribution in [0.4, 0.5) is 23.2 Å². The van der Waals surface area contributed by atoms with Crippen LogP contribution in [0.1, 0.15) is 49.2 Å². The molecule has 1 aromatic carbocycles. The normalized spacial score (nSPS) is 18.4. The number of halogens is 4. The molecule has 0 radical (unpaired) electrons. The molecule has 0 spiro atoms. The van der Waals surface area contributed by atoms with E-state index >= 15 is 0 Å². The molecule has 1 amide bonds. The minimum Gasteiger partial charge on any atom is -0.358 e. The van der Waals surface area contributed by atoms with Crippen molar-refractivity contribution in [1.82, 2.24) is 14.3 Å². The van der Waals surface area contributed by atoms with Crippen LogP contribution in [0.25, 0.3) is 5.52 Å². The molecule has 1 aliphatic rings. The van der Waals surface area contributed by atoms with Crippen LogP contribution in [-0.2, 0) is 10.0 Å². The highest BCUT2D eigenvalue weighted by Crippen LogP contribution is 2.44. The molecular formula is C22H22F4N4O3S. The number of anilines is 1. The van der Waals surface area contributed by atoms with Crippen molar-refractivity contribution in [2.75, 3.05) is 11.4 Å². The minimum atomic E-state index is -4.01. The summed E-state index contributed by atoms with van der Waals surface area (Å²) in [5.41, 5.74) is 0.0771. The van der Waals surface area contributed by atoms with Crippen molar-refractivity contribution in [1.29, 1.82) is 0 Å². The van der Waals surface area contributed by atoms with Gasteiger partial charge in [-0.2, -0.15) is 5.10 Å². The van der Waals surface area contributed by atoms with E-state index in [0.29, 0.717) is 0 Å². The molecule has 0 bridgehead atoms. The number of pyridine rings is 1. The summed E-state index contributed by atoms with van der Waals surface area (Å²) in [4.78, 5) is 14.0. The van der Waals surface area contributed by atoms with E-state index in [1.165, 1.54) is 48.5 Å². The van der Waals surface area contributed by atoms with Gasteiger partial charge in [-0.25, -0.2) is 35.2 Å². The number of fused-ring (bicyclic) bond motifs is 1. The van der Waals surface area contributed by atoms with Gasteiger partial charge in [0, 0.05) is 23.9 Å². The Morgan fingerprint density at radius 3 is 2.56 bits per heavy atom. The lowest BCUT2D eigenvalue weighted by atomic mass is 10.0. The molecule has 2 aromatic heterocycles. The molecule has 12 heteroatoms. The highest BCUT2D eigenvalue weighted by molar-refractivity contribution is 7.91. The molecule has 1 fully saturated rings. The van der Waals surface area contributed by atoms with Crippen LogP contribution in [0.2, 0.25) is 0 Å². The van der Waals surface area contributed by atoms with Crippen LogP contribution in [0, 0.1) is 11.6 Å². The molecule has 1 aliphatic heterocycles. The number of carbonyl (C=O) groups excluding carboxylic acids is 1. The zero-order valence-electron chi connectivity index (χ0n) is 18.5. The van der Waals surface area contributed by atoms with E-state index < -0.39 is 57.2 Å². The van der Waals surface area contributed by atoms with Crippen LogP contribution >= 0.6 is 0 Å². The fourth-order valence-corrected chi connectivity index (χ4v) is 4.45. The predicted molar refractivity (Wildman–Crippen MR) is 117 cm³/mol. The molecule has 0 unspecified atom stereocenters. The fourth-order valence-electron chi connectivity index (χ4n) is 3.79. The molecule has 7 nitrogen and oxygen atoms in total. The molecule has 0 saturated carbocycles. The van der Waals surface area contributed by atoms with Crippen LogP contribution in [-0.4, -0.2) is 41.2 Å². The summed E-state index contributed by atoms with van der Waals surface area (Å²) in [6.45, 7) is 3.53. The van der Waals surface area contributed by atoms with Gasteiger partial charge in [-0.1, -0.05) is 0 Å². The number of carbonyl (C=O) groups is 1. The van der Waals surface area contributed by atoms with Gasteiger partial charge in [0.05, 0.1) is 34.6 Å². The summed E-state index contributed by atoms with van der Waals surface area (Å²) in [5, 5.41) is 4.02. The number of rotatable bonds is 4. The fraction of sp³-hybridized carbons (Fsp3) is 0.364. The molecule has 1 N–H and O–H groups in total. The van der Waals surface area contributed by atoms with Crippen molar-refractivity contribution in [3.63, 3.8) is 0 Å². The predicted octanol–water partition coefficient (Wildman–Crippen LogP) is 4.06. The van der Waals surface area contributed by atoms with Crippen molar-refractivity contribution in [2.45, 2.75) is 43.9 Å². The zero-order valence-corrected chi connectivity index (χ0v) is 19.3. The number of hydrogen-bond acceptors (Lipinski definition) is 5. The Kier molecular flexibility index (Phi) is 5.62. The summed E-state index contributed by atoms with van der Waals surface area (Å²) < 4.78 is 83.8. The van der Waals surface area contributed by atoms with E-state index in [1.54, 1.807) is 0 Å². The highest BCUT2D eigenvalue weighted by Gasteiger charge is 2.46. The summed E-state index contributed by atoms with van der Waals surface area (Å²) in [6, 6.07) is 4.37. The molecule has 3 heterocycles. The number of benzene rings is 1. The minimum absolute atomic E-state index is 0.0888. The van der Waals surface area contributed by atoms with E-state index in [0.717, 1.165) is 24.4 Å². The van der Waals surface area contributed by atoms with E-state index in [1.807, 2.05) is 4.72 Å². The highest BCUT2D eigenvalue weighted by atomic mass is 32.2. The number of alkyl halides is 2. The Morgan fingerprint density at radius 2 is 1.88 bits per heavy atom.